The first-order chi connectivity index (χ1) is 10.0. The molecule has 3 nitrogen and oxygen atoms in total. The Morgan fingerprint density at radius 1 is 1.38 bits per heavy atom. The van der Waals surface area contributed by atoms with E-state index >= 15 is 0 Å². The van der Waals surface area contributed by atoms with Gasteiger partial charge in [0.05, 0.1) is 17.4 Å². The SMILES string of the molecule is O[C@H]1CC[C@@](O)(C2=C(F)C(F)CC=C2)Cc2cccnc21. The van der Waals surface area contributed by atoms with Crippen LogP contribution in [0.3, 0.4) is 0 Å². The summed E-state index contributed by atoms with van der Waals surface area (Å²) in [7, 11) is 0. The minimum absolute atomic E-state index is 0.00776. The summed E-state index contributed by atoms with van der Waals surface area (Å²) in [4.78, 5) is 4.14. The van der Waals surface area contributed by atoms with Crippen molar-refractivity contribution in [1.82, 2.24) is 4.98 Å². The molecular weight excluding hydrogens is 276 g/mol. The molecule has 1 unspecified atom stereocenters. The summed E-state index contributed by atoms with van der Waals surface area (Å²) in [6, 6.07) is 3.45. The summed E-state index contributed by atoms with van der Waals surface area (Å²) < 4.78 is 27.7. The minimum Gasteiger partial charge on any atom is -0.387 e. The molecule has 21 heavy (non-hydrogen) atoms. The number of pyridine rings is 1. The second kappa shape index (κ2) is 5.31. The Balaban J connectivity index is 2.03. The number of fused-ring (bicyclic) bond motifs is 1. The fourth-order valence-electron chi connectivity index (χ4n) is 3.08. The number of rotatable bonds is 1. The standard InChI is InChI=1S/C16H17F2NO2/c17-12-5-1-4-11(14(12)18)16(21)7-6-13(20)15-10(9-16)3-2-8-19-15/h1-4,8,12-13,20-21H,5-7,9H2/t12?,13-,16-/m0/s1. The van der Waals surface area contributed by atoms with E-state index in [4.69, 9.17) is 0 Å². The lowest BCUT2D eigenvalue weighted by molar-refractivity contribution is 0.0541. The molecule has 1 aromatic rings. The highest BCUT2D eigenvalue weighted by Crippen LogP contribution is 2.40. The Kier molecular flexibility index (Phi) is 3.63. The van der Waals surface area contributed by atoms with Gasteiger partial charge in [-0.1, -0.05) is 18.2 Å². The Hall–Kier alpha value is -1.59. The number of hydrogen-bond acceptors (Lipinski definition) is 3. The number of aliphatic hydroxyl groups is 2. The van der Waals surface area contributed by atoms with E-state index in [1.807, 2.05) is 0 Å². The van der Waals surface area contributed by atoms with Crippen LogP contribution in [0.25, 0.3) is 0 Å². The van der Waals surface area contributed by atoms with E-state index in [2.05, 4.69) is 4.98 Å². The first-order valence-electron chi connectivity index (χ1n) is 7.06. The van der Waals surface area contributed by atoms with Crippen molar-refractivity contribution in [1.29, 1.82) is 0 Å². The van der Waals surface area contributed by atoms with Crippen molar-refractivity contribution in [3.63, 3.8) is 0 Å². The van der Waals surface area contributed by atoms with Crippen LogP contribution in [0.1, 0.15) is 36.6 Å². The van der Waals surface area contributed by atoms with Crippen LogP contribution in [0, 0.1) is 0 Å². The lowest BCUT2D eigenvalue weighted by Crippen LogP contribution is -2.35. The number of halogens is 2. The molecule has 3 rings (SSSR count). The molecule has 0 amide bonds. The van der Waals surface area contributed by atoms with E-state index < -0.39 is 23.7 Å². The van der Waals surface area contributed by atoms with Crippen molar-refractivity contribution in [2.45, 2.75) is 43.6 Å². The summed E-state index contributed by atoms with van der Waals surface area (Å²) >= 11 is 0. The van der Waals surface area contributed by atoms with Crippen LogP contribution in [0.15, 0.2) is 41.9 Å². The Morgan fingerprint density at radius 2 is 2.19 bits per heavy atom. The van der Waals surface area contributed by atoms with Gasteiger partial charge in [-0.25, -0.2) is 8.78 Å². The van der Waals surface area contributed by atoms with Crippen molar-refractivity contribution in [2.75, 3.05) is 0 Å². The molecular formula is C16H17F2NO2. The topological polar surface area (TPSA) is 53.4 Å². The summed E-state index contributed by atoms with van der Waals surface area (Å²) in [6.45, 7) is 0. The Bertz CT molecular complexity index is 614. The van der Waals surface area contributed by atoms with Crippen LogP contribution in [0.2, 0.25) is 0 Å². The molecule has 3 atom stereocenters. The maximum absolute atomic E-state index is 14.1. The van der Waals surface area contributed by atoms with E-state index in [1.54, 1.807) is 18.3 Å². The summed E-state index contributed by atoms with van der Waals surface area (Å²) in [5.41, 5.74) is -0.350. The molecule has 1 heterocycles. The quantitative estimate of drug-likeness (QED) is 0.783. The van der Waals surface area contributed by atoms with Gasteiger partial charge in [-0.15, -0.1) is 0 Å². The smallest absolute Gasteiger partial charge is 0.155 e. The molecule has 112 valence electrons. The van der Waals surface area contributed by atoms with Gasteiger partial charge in [0, 0.05) is 24.6 Å². The van der Waals surface area contributed by atoms with Crippen LogP contribution >= 0.6 is 0 Å². The normalized spacial score (nSPS) is 32.8. The Labute approximate surface area is 121 Å². The lowest BCUT2D eigenvalue weighted by Gasteiger charge is -2.31. The van der Waals surface area contributed by atoms with Crippen LogP contribution in [0.4, 0.5) is 8.78 Å². The molecule has 0 radical (unpaired) electrons. The number of alkyl halides is 1. The van der Waals surface area contributed by atoms with Crippen LogP contribution in [-0.4, -0.2) is 27.0 Å². The van der Waals surface area contributed by atoms with E-state index in [1.165, 1.54) is 12.2 Å². The largest absolute Gasteiger partial charge is 0.387 e. The number of aliphatic hydroxyl groups excluding tert-OH is 1. The third-order valence-corrected chi connectivity index (χ3v) is 4.22. The molecule has 0 fully saturated rings. The van der Waals surface area contributed by atoms with Crippen LogP contribution in [-0.2, 0) is 6.42 Å². The molecule has 2 aliphatic rings. The summed E-state index contributed by atoms with van der Waals surface area (Å²) in [5, 5.41) is 21.0. The van der Waals surface area contributed by atoms with Gasteiger partial charge in [0.15, 0.2) is 6.17 Å². The first-order valence-corrected chi connectivity index (χ1v) is 7.06. The maximum Gasteiger partial charge on any atom is 0.155 e. The van der Waals surface area contributed by atoms with Crippen molar-refractivity contribution in [3.05, 3.63) is 53.1 Å². The zero-order chi connectivity index (χ0) is 15.0. The van der Waals surface area contributed by atoms with Crippen molar-refractivity contribution < 1.29 is 19.0 Å². The molecule has 0 spiro atoms. The summed E-state index contributed by atoms with van der Waals surface area (Å²) in [5.74, 6) is -0.901. The number of aromatic nitrogens is 1. The zero-order valence-electron chi connectivity index (χ0n) is 11.5. The van der Waals surface area contributed by atoms with Gasteiger partial charge in [-0.3, -0.25) is 4.98 Å². The molecule has 0 saturated heterocycles. The van der Waals surface area contributed by atoms with Gasteiger partial charge in [-0.05, 0) is 24.5 Å². The lowest BCUT2D eigenvalue weighted by atomic mass is 9.81. The van der Waals surface area contributed by atoms with Crippen molar-refractivity contribution in [2.24, 2.45) is 0 Å². The van der Waals surface area contributed by atoms with E-state index in [0.717, 1.165) is 0 Å². The molecule has 0 aromatic carbocycles. The molecule has 2 aliphatic carbocycles. The van der Waals surface area contributed by atoms with Gasteiger partial charge >= 0.3 is 0 Å². The summed E-state index contributed by atoms with van der Waals surface area (Å²) in [6.07, 6.45) is 2.59. The molecule has 2 N–H and O–H groups in total. The van der Waals surface area contributed by atoms with Gasteiger partial charge in [0.25, 0.3) is 0 Å². The van der Waals surface area contributed by atoms with E-state index in [0.29, 0.717) is 11.3 Å². The van der Waals surface area contributed by atoms with E-state index in [-0.39, 0.29) is 31.3 Å². The average molecular weight is 293 g/mol. The average Bonchev–Trinajstić information content (AvgIpc) is 2.60. The van der Waals surface area contributed by atoms with Crippen molar-refractivity contribution in [3.8, 4) is 0 Å². The van der Waals surface area contributed by atoms with Gasteiger partial charge in [-0.2, -0.15) is 0 Å². The van der Waals surface area contributed by atoms with Gasteiger partial charge in [0.2, 0.25) is 0 Å². The third-order valence-electron chi connectivity index (χ3n) is 4.22. The monoisotopic (exact) mass is 293 g/mol. The molecule has 5 heteroatoms. The number of allylic oxidation sites excluding steroid dienone is 2. The maximum atomic E-state index is 14.1. The molecule has 0 saturated carbocycles. The second-order valence-electron chi connectivity index (χ2n) is 5.68. The van der Waals surface area contributed by atoms with Crippen molar-refractivity contribution >= 4 is 0 Å². The highest BCUT2D eigenvalue weighted by atomic mass is 19.2. The highest BCUT2D eigenvalue weighted by molar-refractivity contribution is 5.40. The highest BCUT2D eigenvalue weighted by Gasteiger charge is 2.39. The molecule has 0 bridgehead atoms. The Morgan fingerprint density at radius 3 is 3.00 bits per heavy atom. The van der Waals surface area contributed by atoms with Gasteiger partial charge < -0.3 is 10.2 Å². The number of nitrogens with zero attached hydrogens (tertiary/aromatic N) is 1. The molecule has 0 aliphatic heterocycles. The minimum atomic E-state index is -1.70. The fourth-order valence-corrected chi connectivity index (χ4v) is 3.08. The third kappa shape index (κ3) is 2.51. The van der Waals surface area contributed by atoms with Crippen LogP contribution < -0.4 is 0 Å². The predicted molar refractivity (Wildman–Crippen MR) is 73.9 cm³/mol. The fraction of sp³-hybridized carbons (Fsp3) is 0.438. The van der Waals surface area contributed by atoms with Gasteiger partial charge in [0.1, 0.15) is 5.83 Å². The first kappa shape index (κ1) is 14.4. The number of hydrogen-bond donors (Lipinski definition) is 2. The second-order valence-corrected chi connectivity index (χ2v) is 5.68. The zero-order valence-corrected chi connectivity index (χ0v) is 11.5. The van der Waals surface area contributed by atoms with E-state index in [9.17, 15) is 19.0 Å². The molecule has 1 aromatic heterocycles. The van der Waals surface area contributed by atoms with Crippen LogP contribution in [0.5, 0.6) is 0 Å². The predicted octanol–water partition coefficient (Wildman–Crippen LogP) is 2.70.